The zero-order chi connectivity index (χ0) is 23.4. The van der Waals surface area contributed by atoms with Gasteiger partial charge in [0.05, 0.1) is 5.69 Å². The van der Waals surface area contributed by atoms with Crippen LogP contribution in [0.25, 0.3) is 22.4 Å². The minimum Gasteiger partial charge on any atom is -0.322 e. The minimum atomic E-state index is -0.436. The van der Waals surface area contributed by atoms with Gasteiger partial charge in [0.2, 0.25) is 0 Å². The molecule has 0 spiro atoms. The molecule has 166 valence electrons. The lowest BCUT2D eigenvalue weighted by Crippen LogP contribution is -2.32. The van der Waals surface area contributed by atoms with Crippen LogP contribution in [0.1, 0.15) is 42.6 Å². The molecule has 0 saturated heterocycles. The highest BCUT2D eigenvalue weighted by molar-refractivity contribution is 6.10. The third-order valence-corrected chi connectivity index (χ3v) is 5.62. The van der Waals surface area contributed by atoms with Gasteiger partial charge in [-0.25, -0.2) is 4.68 Å². The molecule has 0 radical (unpaired) electrons. The summed E-state index contributed by atoms with van der Waals surface area (Å²) >= 11 is 0. The topological polar surface area (TPSA) is 64.0 Å². The Labute approximate surface area is 193 Å². The predicted molar refractivity (Wildman–Crippen MR) is 134 cm³/mol. The highest BCUT2D eigenvalue weighted by Gasteiger charge is 2.25. The van der Waals surface area contributed by atoms with Crippen LogP contribution in [0.2, 0.25) is 0 Å². The van der Waals surface area contributed by atoms with Gasteiger partial charge in [-0.1, -0.05) is 92.7 Å². The SMILES string of the molecule is CCn1nc(-c2ccccc2)c(-c2ccccc2)c(C(=O)Nc2ccccc2C(C)C)c1=O. The van der Waals surface area contributed by atoms with Crippen LogP contribution < -0.4 is 10.9 Å². The maximum atomic E-state index is 13.7. The number of hydrogen-bond donors (Lipinski definition) is 1. The Morgan fingerprint density at radius 2 is 1.45 bits per heavy atom. The summed E-state index contributed by atoms with van der Waals surface area (Å²) in [5, 5.41) is 7.67. The minimum absolute atomic E-state index is 0.0930. The van der Waals surface area contributed by atoms with Gasteiger partial charge in [-0.2, -0.15) is 5.10 Å². The predicted octanol–water partition coefficient (Wildman–Crippen LogP) is 5.97. The Hall–Kier alpha value is -3.99. The summed E-state index contributed by atoms with van der Waals surface area (Å²) in [6.07, 6.45) is 0. The summed E-state index contributed by atoms with van der Waals surface area (Å²) in [6.45, 7) is 6.35. The van der Waals surface area contributed by atoms with E-state index in [1.54, 1.807) is 0 Å². The maximum absolute atomic E-state index is 13.7. The van der Waals surface area contributed by atoms with Crippen molar-refractivity contribution in [2.75, 3.05) is 5.32 Å². The molecule has 0 unspecified atom stereocenters. The molecule has 0 fully saturated rings. The van der Waals surface area contributed by atoms with Crippen LogP contribution in [-0.2, 0) is 6.54 Å². The number of aryl methyl sites for hydroxylation is 1. The molecule has 0 aliphatic carbocycles. The van der Waals surface area contributed by atoms with E-state index in [2.05, 4.69) is 24.3 Å². The van der Waals surface area contributed by atoms with Crippen molar-refractivity contribution in [2.45, 2.75) is 33.2 Å². The van der Waals surface area contributed by atoms with Crippen molar-refractivity contribution in [2.24, 2.45) is 0 Å². The lowest BCUT2D eigenvalue weighted by atomic mass is 9.94. The van der Waals surface area contributed by atoms with E-state index in [9.17, 15) is 9.59 Å². The third kappa shape index (κ3) is 4.48. The van der Waals surface area contributed by atoms with Crippen LogP contribution >= 0.6 is 0 Å². The van der Waals surface area contributed by atoms with Crippen molar-refractivity contribution < 1.29 is 4.79 Å². The van der Waals surface area contributed by atoms with E-state index in [0.717, 1.165) is 16.7 Å². The molecule has 4 rings (SSSR count). The van der Waals surface area contributed by atoms with E-state index in [0.29, 0.717) is 23.5 Å². The first-order valence-electron chi connectivity index (χ1n) is 11.2. The highest BCUT2D eigenvalue weighted by atomic mass is 16.2. The molecule has 0 aliphatic heterocycles. The Morgan fingerprint density at radius 3 is 2.06 bits per heavy atom. The van der Waals surface area contributed by atoms with E-state index >= 15 is 0 Å². The summed E-state index contributed by atoms with van der Waals surface area (Å²) in [5.41, 5.74) is 4.16. The number of hydrogen-bond acceptors (Lipinski definition) is 3. The molecule has 0 aliphatic rings. The number of nitrogens with one attached hydrogen (secondary N) is 1. The van der Waals surface area contributed by atoms with Crippen molar-refractivity contribution >= 4 is 11.6 Å². The van der Waals surface area contributed by atoms with Crippen molar-refractivity contribution in [3.05, 3.63) is 106 Å². The number of para-hydroxylation sites is 1. The fourth-order valence-electron chi connectivity index (χ4n) is 3.98. The van der Waals surface area contributed by atoms with Gasteiger partial charge in [-0.15, -0.1) is 0 Å². The molecule has 1 aromatic heterocycles. The van der Waals surface area contributed by atoms with Crippen LogP contribution in [0.15, 0.2) is 89.7 Å². The van der Waals surface area contributed by atoms with Crippen molar-refractivity contribution in [3.8, 4) is 22.4 Å². The number of nitrogens with zero attached hydrogens (tertiary/aromatic N) is 2. The highest BCUT2D eigenvalue weighted by Crippen LogP contribution is 2.33. The smallest absolute Gasteiger partial charge is 0.280 e. The van der Waals surface area contributed by atoms with Gasteiger partial charge in [-0.05, 0) is 30.0 Å². The fraction of sp³-hybridized carbons (Fsp3) is 0.179. The van der Waals surface area contributed by atoms with Gasteiger partial charge >= 0.3 is 0 Å². The first-order valence-corrected chi connectivity index (χ1v) is 11.2. The van der Waals surface area contributed by atoms with Gasteiger partial charge < -0.3 is 5.32 Å². The third-order valence-electron chi connectivity index (χ3n) is 5.62. The summed E-state index contributed by atoms with van der Waals surface area (Å²) < 4.78 is 1.36. The van der Waals surface area contributed by atoms with E-state index in [-0.39, 0.29) is 11.5 Å². The molecule has 4 aromatic rings. The van der Waals surface area contributed by atoms with Gasteiger partial charge in [0.15, 0.2) is 0 Å². The Bertz CT molecular complexity index is 1330. The van der Waals surface area contributed by atoms with Crippen LogP contribution in [0.5, 0.6) is 0 Å². The summed E-state index contributed by atoms with van der Waals surface area (Å²) in [4.78, 5) is 27.2. The number of rotatable bonds is 6. The largest absolute Gasteiger partial charge is 0.322 e. The standard InChI is InChI=1S/C28H27N3O2/c1-4-31-28(33)25(27(32)29-23-18-12-11-17-22(23)19(2)3)24(20-13-7-5-8-14-20)26(30-31)21-15-9-6-10-16-21/h5-19H,4H2,1-3H3,(H,29,32). The molecule has 1 N–H and O–H groups in total. The van der Waals surface area contributed by atoms with E-state index in [1.807, 2.05) is 91.9 Å². The molecule has 0 atom stereocenters. The average Bonchev–Trinajstić information content (AvgIpc) is 2.85. The van der Waals surface area contributed by atoms with Crippen LogP contribution in [-0.4, -0.2) is 15.7 Å². The normalized spacial score (nSPS) is 10.9. The molecule has 5 nitrogen and oxygen atoms in total. The maximum Gasteiger partial charge on any atom is 0.280 e. The Morgan fingerprint density at radius 1 is 0.879 bits per heavy atom. The van der Waals surface area contributed by atoms with E-state index in [1.165, 1.54) is 4.68 Å². The Balaban J connectivity index is 1.97. The summed E-state index contributed by atoms with van der Waals surface area (Å²) in [5.74, 6) is -0.214. The second-order valence-corrected chi connectivity index (χ2v) is 8.15. The number of anilines is 1. The molecule has 1 heterocycles. The van der Waals surface area contributed by atoms with E-state index < -0.39 is 11.5 Å². The van der Waals surface area contributed by atoms with Gasteiger partial charge in [0.1, 0.15) is 5.56 Å². The molecule has 3 aromatic carbocycles. The second kappa shape index (κ2) is 9.65. The van der Waals surface area contributed by atoms with Crippen LogP contribution in [0.3, 0.4) is 0 Å². The summed E-state index contributed by atoms with van der Waals surface area (Å²) in [6, 6.07) is 26.8. The van der Waals surface area contributed by atoms with Gasteiger partial charge in [0.25, 0.3) is 11.5 Å². The first kappa shape index (κ1) is 22.2. The van der Waals surface area contributed by atoms with Crippen molar-refractivity contribution in [3.63, 3.8) is 0 Å². The number of carbonyl (C=O) groups excluding carboxylic acids is 1. The van der Waals surface area contributed by atoms with E-state index in [4.69, 9.17) is 0 Å². The average molecular weight is 438 g/mol. The Kier molecular flexibility index (Phi) is 6.50. The molecule has 1 amide bonds. The second-order valence-electron chi connectivity index (χ2n) is 8.15. The quantitative estimate of drug-likeness (QED) is 0.404. The monoisotopic (exact) mass is 437 g/mol. The molecular weight excluding hydrogens is 410 g/mol. The molecule has 5 heteroatoms. The summed E-state index contributed by atoms with van der Waals surface area (Å²) in [7, 11) is 0. The molecule has 0 saturated carbocycles. The number of amides is 1. The molecular formula is C28H27N3O2. The number of aromatic nitrogens is 2. The first-order chi connectivity index (χ1) is 16.0. The fourth-order valence-corrected chi connectivity index (χ4v) is 3.98. The van der Waals surface area contributed by atoms with Crippen molar-refractivity contribution in [1.82, 2.24) is 9.78 Å². The zero-order valence-electron chi connectivity index (χ0n) is 19.1. The van der Waals surface area contributed by atoms with Gasteiger partial charge in [-0.3, -0.25) is 9.59 Å². The van der Waals surface area contributed by atoms with Gasteiger partial charge in [0, 0.05) is 23.4 Å². The zero-order valence-corrected chi connectivity index (χ0v) is 19.1. The van der Waals surface area contributed by atoms with Crippen molar-refractivity contribution in [1.29, 1.82) is 0 Å². The van der Waals surface area contributed by atoms with Crippen LogP contribution in [0, 0.1) is 0 Å². The number of carbonyl (C=O) groups is 1. The van der Waals surface area contributed by atoms with Crippen LogP contribution in [0.4, 0.5) is 5.69 Å². The number of benzene rings is 3. The molecule has 0 bridgehead atoms. The lowest BCUT2D eigenvalue weighted by Gasteiger charge is -2.18. The molecule has 33 heavy (non-hydrogen) atoms. The lowest BCUT2D eigenvalue weighted by molar-refractivity contribution is 0.102.